The van der Waals surface area contributed by atoms with Crippen LogP contribution in [0.4, 0.5) is 5.69 Å². The van der Waals surface area contributed by atoms with Gasteiger partial charge in [-0.05, 0) is 48.1 Å². The van der Waals surface area contributed by atoms with Gasteiger partial charge in [0.15, 0.2) is 11.6 Å². The summed E-state index contributed by atoms with van der Waals surface area (Å²) in [6.07, 6.45) is 3.01. The molecule has 10 heteroatoms. The highest BCUT2D eigenvalue weighted by atomic mass is 32.1. The number of thiol groups is 1. The van der Waals surface area contributed by atoms with Crippen molar-refractivity contribution in [1.29, 1.82) is 10.8 Å². The Labute approximate surface area is 227 Å². The first-order valence-corrected chi connectivity index (χ1v) is 12.3. The molecule has 0 spiro atoms. The third-order valence-electron chi connectivity index (χ3n) is 4.67. The first-order valence-electron chi connectivity index (χ1n) is 11.4. The van der Waals surface area contributed by atoms with E-state index in [1.54, 1.807) is 13.2 Å². The number of aromatic hydroxyl groups is 2. The summed E-state index contributed by atoms with van der Waals surface area (Å²) >= 11 is 3.53. The third-order valence-corrected chi connectivity index (χ3v) is 4.67. The molecule has 0 aromatic heterocycles. The highest BCUT2D eigenvalue weighted by molar-refractivity contribution is 7.79. The van der Waals surface area contributed by atoms with E-state index in [-0.39, 0.29) is 54.6 Å². The lowest BCUT2D eigenvalue weighted by atomic mass is 9.98. The summed E-state index contributed by atoms with van der Waals surface area (Å²) in [7, 11) is 1.51. The molecule has 5 N–H and O–H groups in total. The fraction of sp³-hybridized carbons (Fsp3) is 0.385. The second-order valence-corrected chi connectivity index (χ2v) is 7.73. The molecule has 0 unspecified atom stereocenters. The van der Waals surface area contributed by atoms with E-state index >= 15 is 0 Å². The summed E-state index contributed by atoms with van der Waals surface area (Å²) in [5.41, 5.74) is 1.30. The van der Waals surface area contributed by atoms with Crippen LogP contribution >= 0.6 is 26.1 Å². The summed E-state index contributed by atoms with van der Waals surface area (Å²) in [4.78, 5) is 25.2. The predicted molar refractivity (Wildman–Crippen MR) is 157 cm³/mol. The maximum Gasteiger partial charge on any atom is 0.251 e. The number of Topliss-reactive ketones (excluding diaryl/α,β-unsaturated/α-hetero) is 1. The van der Waals surface area contributed by atoms with E-state index in [9.17, 15) is 19.8 Å². The Morgan fingerprint density at radius 3 is 1.92 bits per heavy atom. The van der Waals surface area contributed by atoms with E-state index < -0.39 is 11.6 Å². The van der Waals surface area contributed by atoms with Crippen LogP contribution in [0.2, 0.25) is 0 Å². The second kappa shape index (κ2) is 17.4. The molecule has 2 aromatic carbocycles. The fourth-order valence-electron chi connectivity index (χ4n) is 2.93. The van der Waals surface area contributed by atoms with Crippen LogP contribution in [-0.2, 0) is 4.79 Å². The van der Waals surface area contributed by atoms with Crippen LogP contribution in [0, 0.1) is 10.8 Å². The molecule has 0 saturated heterocycles. The van der Waals surface area contributed by atoms with Crippen LogP contribution in [0.5, 0.6) is 11.5 Å². The molecule has 0 aliphatic carbocycles. The Bertz CT molecular complexity index is 1030. The van der Waals surface area contributed by atoms with Gasteiger partial charge in [0.2, 0.25) is 0 Å². The lowest BCUT2D eigenvalue weighted by molar-refractivity contribution is -0.112. The van der Waals surface area contributed by atoms with Gasteiger partial charge in [-0.2, -0.15) is 26.1 Å². The SMILES string of the molecule is CCC.CCC(=O)C(=N)N(C(=N)c1cc(C(C)C)c(O)cc1O)c1ccc(C(=O)NC)cc1.CS.S. The standard InChI is InChI=1S/C22H26N4O4.C3H8.CH4S.H2S/c1-5-17(27)21(24)26(14-8-6-13(7-9-14)22(30)25-4)20(23)16-10-15(12(2)3)18(28)11-19(16)29;1-3-2;1-2;/h6-12,23-24,28-29H,5H2,1-4H3,(H,25,30);3H2,1-2H3;2H,1H3;1H2. The fourth-order valence-corrected chi connectivity index (χ4v) is 2.93. The minimum Gasteiger partial charge on any atom is -0.508 e. The average molecular weight is 537 g/mol. The molecule has 0 aliphatic rings. The molecule has 200 valence electrons. The molecule has 8 nitrogen and oxygen atoms in total. The first kappa shape index (κ1) is 35.2. The number of hydrogen-bond acceptors (Lipinski definition) is 7. The first-order chi connectivity index (χ1) is 16.5. The molecule has 0 fully saturated rings. The number of ketones is 1. The van der Waals surface area contributed by atoms with Crippen LogP contribution in [0.3, 0.4) is 0 Å². The van der Waals surface area contributed by atoms with E-state index in [2.05, 4.69) is 31.8 Å². The summed E-state index contributed by atoms with van der Waals surface area (Å²) in [6.45, 7) is 9.58. The second-order valence-electron chi connectivity index (χ2n) is 7.73. The normalized spacial score (nSPS) is 9.47. The molecule has 0 heterocycles. The van der Waals surface area contributed by atoms with Gasteiger partial charge in [0.1, 0.15) is 17.3 Å². The maximum atomic E-state index is 12.3. The summed E-state index contributed by atoms with van der Waals surface area (Å²) in [5.74, 6) is -2.03. The Balaban J connectivity index is 0. The monoisotopic (exact) mass is 536 g/mol. The van der Waals surface area contributed by atoms with E-state index in [4.69, 9.17) is 10.8 Å². The highest BCUT2D eigenvalue weighted by Crippen LogP contribution is 2.33. The van der Waals surface area contributed by atoms with E-state index in [1.807, 2.05) is 13.8 Å². The van der Waals surface area contributed by atoms with Crippen molar-refractivity contribution in [2.45, 2.75) is 53.4 Å². The molecule has 0 radical (unpaired) electrons. The van der Waals surface area contributed by atoms with Crippen LogP contribution in [0.1, 0.15) is 74.9 Å². The van der Waals surface area contributed by atoms with Crippen molar-refractivity contribution in [3.63, 3.8) is 0 Å². The lowest BCUT2D eigenvalue weighted by Crippen LogP contribution is -2.41. The maximum absolute atomic E-state index is 12.3. The van der Waals surface area contributed by atoms with Gasteiger partial charge in [0.05, 0.1) is 5.56 Å². The average Bonchev–Trinajstić information content (AvgIpc) is 2.84. The summed E-state index contributed by atoms with van der Waals surface area (Å²) in [6, 6.07) is 8.72. The number of carbonyl (C=O) groups is 2. The number of phenolic OH excluding ortho intramolecular Hbond substituents is 2. The Morgan fingerprint density at radius 2 is 1.50 bits per heavy atom. The number of carbonyl (C=O) groups excluding carboxylic acids is 2. The molecule has 0 aliphatic heterocycles. The number of nitrogens with one attached hydrogen (secondary N) is 3. The van der Waals surface area contributed by atoms with Gasteiger partial charge in [-0.1, -0.05) is 41.0 Å². The zero-order valence-corrected chi connectivity index (χ0v) is 24.0. The van der Waals surface area contributed by atoms with Gasteiger partial charge in [-0.15, -0.1) is 0 Å². The molecule has 0 atom stereocenters. The number of hydrogen-bond donors (Lipinski definition) is 6. The van der Waals surface area contributed by atoms with Crippen molar-refractivity contribution < 1.29 is 19.8 Å². The number of rotatable bonds is 6. The van der Waals surface area contributed by atoms with Crippen molar-refractivity contribution in [3.8, 4) is 11.5 Å². The van der Waals surface area contributed by atoms with Crippen LogP contribution in [0.15, 0.2) is 36.4 Å². The highest BCUT2D eigenvalue weighted by Gasteiger charge is 2.26. The molecule has 1 amide bonds. The molecular weight excluding hydrogens is 496 g/mol. The number of anilines is 1. The van der Waals surface area contributed by atoms with Gasteiger partial charge in [0.25, 0.3) is 5.91 Å². The van der Waals surface area contributed by atoms with Crippen molar-refractivity contribution in [3.05, 3.63) is 53.1 Å². The van der Waals surface area contributed by atoms with Crippen molar-refractivity contribution >= 4 is 55.2 Å². The van der Waals surface area contributed by atoms with Crippen LogP contribution in [-0.4, -0.2) is 46.9 Å². The number of amidine groups is 2. The Hall–Kier alpha value is -2.98. The summed E-state index contributed by atoms with van der Waals surface area (Å²) in [5, 5.41) is 39.9. The zero-order chi connectivity index (χ0) is 27.3. The Morgan fingerprint density at radius 1 is 1.00 bits per heavy atom. The van der Waals surface area contributed by atoms with Gasteiger partial charge in [-0.25, -0.2) is 0 Å². The van der Waals surface area contributed by atoms with Crippen LogP contribution < -0.4 is 10.2 Å². The van der Waals surface area contributed by atoms with Gasteiger partial charge in [0, 0.05) is 30.8 Å². The number of nitrogens with zero attached hydrogens (tertiary/aromatic N) is 1. The van der Waals surface area contributed by atoms with Gasteiger partial charge in [-0.3, -0.25) is 25.3 Å². The summed E-state index contributed by atoms with van der Waals surface area (Å²) < 4.78 is 0. The molecule has 2 aromatic rings. The molecule has 36 heavy (non-hydrogen) atoms. The van der Waals surface area contributed by atoms with E-state index in [1.165, 1.54) is 43.8 Å². The molecular formula is C26H40N4O4S2. The molecule has 0 saturated carbocycles. The minimum absolute atomic E-state index is 0. The number of amides is 1. The molecule has 0 bridgehead atoms. The number of phenols is 2. The Kier molecular flexibility index (Phi) is 17.1. The quantitative estimate of drug-likeness (QED) is 0.166. The predicted octanol–water partition coefficient (Wildman–Crippen LogP) is 5.44. The van der Waals surface area contributed by atoms with E-state index in [0.29, 0.717) is 16.8 Å². The third kappa shape index (κ3) is 9.23. The van der Waals surface area contributed by atoms with E-state index in [0.717, 1.165) is 11.0 Å². The minimum atomic E-state index is -0.488. The van der Waals surface area contributed by atoms with Crippen molar-refractivity contribution in [2.75, 3.05) is 18.2 Å². The van der Waals surface area contributed by atoms with Crippen molar-refractivity contribution in [2.24, 2.45) is 0 Å². The zero-order valence-electron chi connectivity index (χ0n) is 22.1. The topological polar surface area (TPSA) is 138 Å². The van der Waals surface area contributed by atoms with Crippen LogP contribution in [0.25, 0.3) is 0 Å². The smallest absolute Gasteiger partial charge is 0.251 e. The lowest BCUT2D eigenvalue weighted by Gasteiger charge is -2.26. The molecule has 2 rings (SSSR count). The largest absolute Gasteiger partial charge is 0.508 e. The van der Waals surface area contributed by atoms with Gasteiger partial charge >= 0.3 is 0 Å². The van der Waals surface area contributed by atoms with Gasteiger partial charge < -0.3 is 15.5 Å². The number of benzene rings is 2. The van der Waals surface area contributed by atoms with Crippen molar-refractivity contribution in [1.82, 2.24) is 5.32 Å².